The van der Waals surface area contributed by atoms with Crippen LogP contribution in [0.2, 0.25) is 0 Å². The first kappa shape index (κ1) is 14.8. The van der Waals surface area contributed by atoms with Crippen molar-refractivity contribution in [2.75, 3.05) is 18.1 Å². The van der Waals surface area contributed by atoms with E-state index in [0.29, 0.717) is 29.6 Å². The molecule has 0 radical (unpaired) electrons. The molecule has 3 unspecified atom stereocenters. The molecule has 0 aromatic heterocycles. The van der Waals surface area contributed by atoms with Gasteiger partial charge in [0.05, 0.1) is 11.5 Å². The van der Waals surface area contributed by atoms with Gasteiger partial charge in [-0.1, -0.05) is 12.8 Å². The van der Waals surface area contributed by atoms with Gasteiger partial charge in [0.2, 0.25) is 0 Å². The average molecular weight is 300 g/mol. The van der Waals surface area contributed by atoms with E-state index in [1.165, 1.54) is 45.1 Å². The van der Waals surface area contributed by atoms with Crippen LogP contribution in [0, 0.1) is 5.92 Å². The van der Waals surface area contributed by atoms with Crippen molar-refractivity contribution >= 4 is 9.84 Å². The Morgan fingerprint density at radius 2 is 1.65 bits per heavy atom. The standard InChI is InChI=1S/C15H28N2O2S/c18-20(19)10-7-12(8-11-20)17-15-5-2-1-4-13(15)14-6-3-9-16-14/h12-17H,1-11H2. The molecule has 0 spiro atoms. The molecule has 0 aromatic carbocycles. The van der Waals surface area contributed by atoms with Crippen LogP contribution in [-0.4, -0.2) is 44.6 Å². The third-order valence-corrected chi connectivity index (χ3v) is 7.15. The molecule has 116 valence electrons. The van der Waals surface area contributed by atoms with Gasteiger partial charge in [0.15, 0.2) is 0 Å². The topological polar surface area (TPSA) is 58.2 Å². The lowest BCUT2D eigenvalue weighted by molar-refractivity contribution is 0.197. The number of hydrogen-bond donors (Lipinski definition) is 2. The Morgan fingerprint density at radius 3 is 2.35 bits per heavy atom. The molecular weight excluding hydrogens is 272 g/mol. The van der Waals surface area contributed by atoms with Gasteiger partial charge in [0.25, 0.3) is 0 Å². The summed E-state index contributed by atoms with van der Waals surface area (Å²) < 4.78 is 23.0. The van der Waals surface area contributed by atoms with Crippen LogP contribution in [0.4, 0.5) is 0 Å². The normalized spacial score (nSPS) is 38.9. The molecule has 5 heteroatoms. The summed E-state index contributed by atoms with van der Waals surface area (Å²) in [6, 6.07) is 1.72. The first-order valence-electron chi connectivity index (χ1n) is 8.34. The first-order valence-corrected chi connectivity index (χ1v) is 10.2. The van der Waals surface area contributed by atoms with E-state index in [-0.39, 0.29) is 0 Å². The summed E-state index contributed by atoms with van der Waals surface area (Å²) in [4.78, 5) is 0. The second-order valence-corrected chi connectivity index (χ2v) is 9.15. The van der Waals surface area contributed by atoms with E-state index >= 15 is 0 Å². The number of nitrogens with one attached hydrogen (secondary N) is 2. The molecule has 4 nitrogen and oxygen atoms in total. The van der Waals surface area contributed by atoms with Gasteiger partial charge < -0.3 is 10.6 Å². The van der Waals surface area contributed by atoms with Gasteiger partial charge in [0.1, 0.15) is 9.84 Å². The molecular formula is C15H28N2O2S. The minimum atomic E-state index is -2.74. The zero-order chi connectivity index (χ0) is 14.0. The molecule has 0 aromatic rings. The third kappa shape index (κ3) is 3.55. The van der Waals surface area contributed by atoms with Crippen molar-refractivity contribution in [2.45, 2.75) is 69.5 Å². The molecule has 2 saturated heterocycles. The predicted octanol–water partition coefficient (Wildman–Crippen LogP) is 1.46. The lowest BCUT2D eigenvalue weighted by Gasteiger charge is -2.39. The highest BCUT2D eigenvalue weighted by molar-refractivity contribution is 7.91. The van der Waals surface area contributed by atoms with E-state index < -0.39 is 9.84 Å². The Kier molecular flexibility index (Phi) is 4.68. The van der Waals surface area contributed by atoms with Crippen LogP contribution >= 0.6 is 0 Å². The molecule has 0 amide bonds. The largest absolute Gasteiger partial charge is 0.314 e. The summed E-state index contributed by atoms with van der Waals surface area (Å²) >= 11 is 0. The van der Waals surface area contributed by atoms with Crippen molar-refractivity contribution in [1.82, 2.24) is 10.6 Å². The van der Waals surface area contributed by atoms with Crippen molar-refractivity contribution in [2.24, 2.45) is 5.92 Å². The summed E-state index contributed by atoms with van der Waals surface area (Å²) in [6.45, 7) is 1.18. The summed E-state index contributed by atoms with van der Waals surface area (Å²) in [6.07, 6.45) is 9.54. The maximum absolute atomic E-state index is 11.5. The number of rotatable bonds is 3. The van der Waals surface area contributed by atoms with Crippen molar-refractivity contribution in [3.8, 4) is 0 Å². The lowest BCUT2D eigenvalue weighted by Crippen LogP contribution is -2.51. The van der Waals surface area contributed by atoms with Crippen molar-refractivity contribution in [3.63, 3.8) is 0 Å². The SMILES string of the molecule is O=S1(=O)CCC(NC2CCCCC2C2CCCN2)CC1. The monoisotopic (exact) mass is 300 g/mol. The summed E-state index contributed by atoms with van der Waals surface area (Å²) in [5.41, 5.74) is 0. The summed E-state index contributed by atoms with van der Waals surface area (Å²) in [5, 5.41) is 7.49. The highest BCUT2D eigenvalue weighted by Crippen LogP contribution is 2.31. The molecule has 3 aliphatic rings. The second kappa shape index (κ2) is 6.32. The molecule has 2 N–H and O–H groups in total. The van der Waals surface area contributed by atoms with Crippen molar-refractivity contribution in [3.05, 3.63) is 0 Å². The number of hydrogen-bond acceptors (Lipinski definition) is 4. The fourth-order valence-corrected chi connectivity index (χ4v) is 5.78. The quantitative estimate of drug-likeness (QED) is 0.828. The van der Waals surface area contributed by atoms with Crippen LogP contribution in [0.1, 0.15) is 51.4 Å². The molecule has 20 heavy (non-hydrogen) atoms. The minimum absolute atomic E-state index is 0.379. The van der Waals surface area contributed by atoms with Gasteiger partial charge in [-0.05, 0) is 51.0 Å². The fraction of sp³-hybridized carbons (Fsp3) is 1.00. The first-order chi connectivity index (χ1) is 9.64. The van der Waals surface area contributed by atoms with E-state index in [2.05, 4.69) is 10.6 Å². The maximum atomic E-state index is 11.5. The Balaban J connectivity index is 1.56. The van der Waals surface area contributed by atoms with Gasteiger partial charge in [-0.3, -0.25) is 0 Å². The summed E-state index contributed by atoms with van der Waals surface area (Å²) in [7, 11) is -2.74. The number of sulfone groups is 1. The van der Waals surface area contributed by atoms with Gasteiger partial charge in [0, 0.05) is 18.1 Å². The smallest absolute Gasteiger partial charge is 0.150 e. The zero-order valence-electron chi connectivity index (χ0n) is 12.3. The highest BCUT2D eigenvalue weighted by Gasteiger charge is 2.35. The Hall–Kier alpha value is -0.130. The van der Waals surface area contributed by atoms with Crippen LogP contribution in [0.5, 0.6) is 0 Å². The van der Waals surface area contributed by atoms with Gasteiger partial charge in [-0.15, -0.1) is 0 Å². The molecule has 3 atom stereocenters. The van der Waals surface area contributed by atoms with Crippen molar-refractivity contribution < 1.29 is 8.42 Å². The van der Waals surface area contributed by atoms with E-state index in [1.54, 1.807) is 0 Å². The molecule has 3 rings (SSSR count). The van der Waals surface area contributed by atoms with Gasteiger partial charge >= 0.3 is 0 Å². The molecule has 2 heterocycles. The van der Waals surface area contributed by atoms with Gasteiger partial charge in [-0.25, -0.2) is 8.42 Å². The Labute approximate surface area is 123 Å². The Bertz CT molecular complexity index is 404. The zero-order valence-corrected chi connectivity index (χ0v) is 13.1. The molecule has 3 fully saturated rings. The Morgan fingerprint density at radius 1 is 0.900 bits per heavy atom. The average Bonchev–Trinajstić information content (AvgIpc) is 2.96. The fourth-order valence-electron chi connectivity index (χ4n) is 4.28. The third-order valence-electron chi connectivity index (χ3n) is 5.44. The highest BCUT2D eigenvalue weighted by atomic mass is 32.2. The minimum Gasteiger partial charge on any atom is -0.314 e. The molecule has 2 aliphatic heterocycles. The van der Waals surface area contributed by atoms with Gasteiger partial charge in [-0.2, -0.15) is 0 Å². The van der Waals surface area contributed by atoms with E-state index in [4.69, 9.17) is 0 Å². The molecule has 1 aliphatic carbocycles. The van der Waals surface area contributed by atoms with Crippen LogP contribution in [0.15, 0.2) is 0 Å². The molecule has 0 bridgehead atoms. The predicted molar refractivity (Wildman–Crippen MR) is 81.6 cm³/mol. The van der Waals surface area contributed by atoms with Crippen LogP contribution in [0.25, 0.3) is 0 Å². The van der Waals surface area contributed by atoms with E-state index in [0.717, 1.165) is 18.8 Å². The second-order valence-electron chi connectivity index (χ2n) is 6.85. The van der Waals surface area contributed by atoms with Crippen molar-refractivity contribution in [1.29, 1.82) is 0 Å². The lowest BCUT2D eigenvalue weighted by atomic mass is 9.78. The van der Waals surface area contributed by atoms with Crippen LogP contribution in [0.3, 0.4) is 0 Å². The van der Waals surface area contributed by atoms with E-state index in [1.807, 2.05) is 0 Å². The maximum Gasteiger partial charge on any atom is 0.150 e. The summed E-state index contributed by atoms with van der Waals surface area (Å²) in [5.74, 6) is 1.51. The van der Waals surface area contributed by atoms with Crippen LogP contribution < -0.4 is 10.6 Å². The molecule has 1 saturated carbocycles. The van der Waals surface area contributed by atoms with Crippen LogP contribution in [-0.2, 0) is 9.84 Å². The van der Waals surface area contributed by atoms with E-state index in [9.17, 15) is 8.42 Å².